The summed E-state index contributed by atoms with van der Waals surface area (Å²) in [5, 5.41) is 10.1. The smallest absolute Gasteiger partial charge is 0.0784 e. The largest absolute Gasteiger partial charge is 0.388 e. The third-order valence-electron chi connectivity index (χ3n) is 3.37. The summed E-state index contributed by atoms with van der Waals surface area (Å²) < 4.78 is 0. The van der Waals surface area contributed by atoms with E-state index in [9.17, 15) is 5.11 Å². The number of aliphatic hydroxyl groups is 1. The van der Waals surface area contributed by atoms with Crippen molar-refractivity contribution in [2.75, 3.05) is 0 Å². The van der Waals surface area contributed by atoms with Crippen LogP contribution < -0.4 is 0 Å². The highest BCUT2D eigenvalue weighted by atomic mass is 16.3. The highest BCUT2D eigenvalue weighted by molar-refractivity contribution is 5.21. The summed E-state index contributed by atoms with van der Waals surface area (Å²) in [5.74, 6) is 0. The lowest BCUT2D eigenvalue weighted by Crippen LogP contribution is -2.10. The van der Waals surface area contributed by atoms with Crippen LogP contribution in [0.4, 0.5) is 0 Å². The van der Waals surface area contributed by atoms with E-state index < -0.39 is 0 Å². The van der Waals surface area contributed by atoms with Crippen LogP contribution in [0.2, 0.25) is 0 Å². The zero-order valence-corrected chi connectivity index (χ0v) is 11.0. The SMILES string of the molecule is CC(C)=C1C/C=C(/C)CC/C=C(/C)[C@@H](O)C1. The maximum absolute atomic E-state index is 10.1. The molecule has 16 heavy (non-hydrogen) atoms. The molecule has 0 aliphatic heterocycles. The first-order valence-electron chi connectivity index (χ1n) is 6.16. The minimum atomic E-state index is -0.295. The summed E-state index contributed by atoms with van der Waals surface area (Å²) in [5.41, 5.74) is 5.30. The average molecular weight is 220 g/mol. The molecule has 0 aromatic heterocycles. The molecule has 0 aromatic rings. The molecule has 1 rings (SSSR count). The van der Waals surface area contributed by atoms with Gasteiger partial charge in [0.05, 0.1) is 6.10 Å². The fraction of sp³-hybridized carbons (Fsp3) is 0.600. The first kappa shape index (κ1) is 13.2. The van der Waals surface area contributed by atoms with Gasteiger partial charge >= 0.3 is 0 Å². The maximum Gasteiger partial charge on any atom is 0.0784 e. The Morgan fingerprint density at radius 3 is 2.56 bits per heavy atom. The van der Waals surface area contributed by atoms with Crippen molar-refractivity contribution in [1.82, 2.24) is 0 Å². The fourth-order valence-corrected chi connectivity index (χ4v) is 1.95. The minimum absolute atomic E-state index is 0.295. The molecule has 0 bridgehead atoms. The molecule has 0 aromatic carbocycles. The van der Waals surface area contributed by atoms with Crippen molar-refractivity contribution in [2.24, 2.45) is 0 Å². The van der Waals surface area contributed by atoms with Gasteiger partial charge in [-0.25, -0.2) is 0 Å². The van der Waals surface area contributed by atoms with Crippen molar-refractivity contribution < 1.29 is 5.11 Å². The summed E-state index contributed by atoms with van der Waals surface area (Å²) in [6.45, 7) is 8.50. The minimum Gasteiger partial charge on any atom is -0.388 e. The second kappa shape index (κ2) is 6.05. The van der Waals surface area contributed by atoms with Gasteiger partial charge in [0.2, 0.25) is 0 Å². The Hall–Kier alpha value is -0.820. The van der Waals surface area contributed by atoms with Crippen molar-refractivity contribution in [3.05, 3.63) is 34.4 Å². The van der Waals surface area contributed by atoms with Crippen LogP contribution in [-0.4, -0.2) is 11.2 Å². The van der Waals surface area contributed by atoms with Crippen LogP contribution in [0.3, 0.4) is 0 Å². The summed E-state index contributed by atoms with van der Waals surface area (Å²) in [7, 11) is 0. The second-order valence-electron chi connectivity index (χ2n) is 5.06. The van der Waals surface area contributed by atoms with Crippen molar-refractivity contribution in [3.63, 3.8) is 0 Å². The number of hydrogen-bond acceptors (Lipinski definition) is 1. The first-order valence-corrected chi connectivity index (χ1v) is 6.16. The summed E-state index contributed by atoms with van der Waals surface area (Å²) in [6.07, 6.45) is 8.14. The topological polar surface area (TPSA) is 20.2 Å². The number of allylic oxidation sites excluding steroid dienone is 4. The maximum atomic E-state index is 10.1. The Bertz CT molecular complexity index is 327. The molecule has 0 radical (unpaired) electrons. The third-order valence-corrected chi connectivity index (χ3v) is 3.37. The van der Waals surface area contributed by atoms with E-state index in [2.05, 4.69) is 32.9 Å². The molecule has 1 atom stereocenters. The number of rotatable bonds is 0. The Balaban J connectivity index is 2.92. The molecule has 0 unspecified atom stereocenters. The van der Waals surface area contributed by atoms with E-state index in [-0.39, 0.29) is 6.10 Å². The fourth-order valence-electron chi connectivity index (χ4n) is 1.95. The lowest BCUT2D eigenvalue weighted by molar-refractivity contribution is 0.209. The zero-order valence-electron chi connectivity index (χ0n) is 11.0. The Kier molecular flexibility index (Phi) is 5.01. The van der Waals surface area contributed by atoms with E-state index in [1.165, 1.54) is 16.7 Å². The van der Waals surface area contributed by atoms with E-state index in [0.29, 0.717) is 0 Å². The summed E-state index contributed by atoms with van der Waals surface area (Å²) >= 11 is 0. The van der Waals surface area contributed by atoms with Gasteiger partial charge in [-0.3, -0.25) is 0 Å². The van der Waals surface area contributed by atoms with Crippen LogP contribution in [0.25, 0.3) is 0 Å². The van der Waals surface area contributed by atoms with E-state index in [4.69, 9.17) is 0 Å². The van der Waals surface area contributed by atoms with Crippen LogP contribution >= 0.6 is 0 Å². The highest BCUT2D eigenvalue weighted by Crippen LogP contribution is 2.23. The second-order valence-corrected chi connectivity index (χ2v) is 5.06. The van der Waals surface area contributed by atoms with Crippen LogP contribution in [0, 0.1) is 0 Å². The molecule has 0 spiro atoms. The van der Waals surface area contributed by atoms with Crippen molar-refractivity contribution in [1.29, 1.82) is 0 Å². The quantitative estimate of drug-likeness (QED) is 0.608. The predicted molar refractivity (Wildman–Crippen MR) is 70.4 cm³/mol. The van der Waals surface area contributed by atoms with E-state index in [1.54, 1.807) is 0 Å². The van der Waals surface area contributed by atoms with Gasteiger partial charge in [-0.15, -0.1) is 0 Å². The molecule has 1 nitrogen and oxygen atoms in total. The highest BCUT2D eigenvalue weighted by Gasteiger charge is 2.11. The van der Waals surface area contributed by atoms with Crippen LogP contribution in [-0.2, 0) is 0 Å². The molecular weight excluding hydrogens is 196 g/mol. The number of aliphatic hydroxyl groups excluding tert-OH is 1. The van der Waals surface area contributed by atoms with Gasteiger partial charge in [-0.2, -0.15) is 0 Å². The van der Waals surface area contributed by atoms with Gasteiger partial charge < -0.3 is 5.11 Å². The van der Waals surface area contributed by atoms with Crippen molar-refractivity contribution in [3.8, 4) is 0 Å². The molecule has 1 aliphatic rings. The van der Waals surface area contributed by atoms with Crippen LogP contribution in [0.5, 0.6) is 0 Å². The monoisotopic (exact) mass is 220 g/mol. The summed E-state index contributed by atoms with van der Waals surface area (Å²) in [4.78, 5) is 0. The molecule has 1 heteroatoms. The molecule has 0 fully saturated rings. The first-order chi connectivity index (χ1) is 7.50. The molecule has 0 heterocycles. The van der Waals surface area contributed by atoms with Crippen molar-refractivity contribution in [2.45, 2.75) is 59.5 Å². The molecule has 0 saturated carbocycles. The van der Waals surface area contributed by atoms with E-state index >= 15 is 0 Å². The lowest BCUT2D eigenvalue weighted by atomic mass is 9.93. The van der Waals surface area contributed by atoms with E-state index in [0.717, 1.165) is 31.3 Å². The van der Waals surface area contributed by atoms with E-state index in [1.807, 2.05) is 6.92 Å². The average Bonchev–Trinajstić information content (AvgIpc) is 2.22. The van der Waals surface area contributed by atoms with Gasteiger partial charge in [0.1, 0.15) is 0 Å². The Morgan fingerprint density at radius 2 is 1.94 bits per heavy atom. The third kappa shape index (κ3) is 3.97. The van der Waals surface area contributed by atoms with Crippen LogP contribution in [0.15, 0.2) is 34.4 Å². The van der Waals surface area contributed by atoms with Gasteiger partial charge in [0, 0.05) is 0 Å². The molecule has 90 valence electrons. The van der Waals surface area contributed by atoms with Gasteiger partial charge in [-0.1, -0.05) is 28.9 Å². The Labute approximate surface area is 99.6 Å². The normalized spacial score (nSPS) is 30.1. The zero-order chi connectivity index (χ0) is 12.1. The molecular formula is C15H24O. The Morgan fingerprint density at radius 1 is 1.25 bits per heavy atom. The van der Waals surface area contributed by atoms with Gasteiger partial charge in [0.25, 0.3) is 0 Å². The number of hydrogen-bond donors (Lipinski definition) is 1. The molecule has 0 saturated heterocycles. The summed E-state index contributed by atoms with van der Waals surface area (Å²) in [6, 6.07) is 0. The van der Waals surface area contributed by atoms with Crippen molar-refractivity contribution >= 4 is 0 Å². The lowest BCUT2D eigenvalue weighted by Gasteiger charge is -2.17. The predicted octanol–water partition coefficient (Wildman–Crippen LogP) is 4.15. The molecule has 0 amide bonds. The van der Waals surface area contributed by atoms with Crippen LogP contribution in [0.1, 0.15) is 53.4 Å². The van der Waals surface area contributed by atoms with Gasteiger partial charge in [-0.05, 0) is 59.0 Å². The standard InChI is InChI=1S/C15H24O/c1-11(2)14-9-8-12(3)6-5-7-13(4)15(16)10-14/h7-8,15-16H,5-6,9-10H2,1-4H3/b12-8-,13-7-/t15-/m0/s1. The van der Waals surface area contributed by atoms with Gasteiger partial charge in [0.15, 0.2) is 0 Å². The molecule has 1 N–H and O–H groups in total. The molecule has 1 aliphatic carbocycles.